The lowest BCUT2D eigenvalue weighted by atomic mass is 9.99. The topological polar surface area (TPSA) is 72.3 Å². The van der Waals surface area contributed by atoms with Crippen LogP contribution in [0, 0.1) is 6.92 Å². The van der Waals surface area contributed by atoms with Gasteiger partial charge in [0, 0.05) is 11.1 Å². The van der Waals surface area contributed by atoms with Crippen molar-refractivity contribution in [2.24, 2.45) is 0 Å². The zero-order valence-electron chi connectivity index (χ0n) is 15.8. The van der Waals surface area contributed by atoms with Crippen molar-refractivity contribution in [1.29, 1.82) is 0 Å². The van der Waals surface area contributed by atoms with Crippen molar-refractivity contribution in [1.82, 2.24) is 10.2 Å². The molecule has 29 heavy (non-hydrogen) atoms. The number of nitrogens with zero attached hydrogens (tertiary/aromatic N) is 2. The van der Waals surface area contributed by atoms with Crippen molar-refractivity contribution in [3.8, 4) is 16.9 Å². The number of aliphatic carboxylic acids is 1. The van der Waals surface area contributed by atoms with E-state index in [1.54, 1.807) is 24.5 Å². The van der Waals surface area contributed by atoms with Gasteiger partial charge in [0.05, 0.1) is 23.5 Å². The predicted octanol–water partition coefficient (Wildman–Crippen LogP) is 5.49. The maximum Gasteiger partial charge on any atom is 0.332 e. The first-order valence-electron chi connectivity index (χ1n) is 9.32. The van der Waals surface area contributed by atoms with Gasteiger partial charge in [-0.25, -0.2) is 4.79 Å². The van der Waals surface area contributed by atoms with E-state index < -0.39 is 5.97 Å². The Morgan fingerprint density at radius 3 is 2.66 bits per heavy atom. The standard InChI is InChI=1S/C23H19ClN2O3/c1-14-4-2-6-18(15-8-9-15)23(14)29-20(12-21(27)28)22-17(5-3-7-19(22)24)16-10-11-25-26-13-16/h2-7,10-13,15H,8-9H2,1H3,(H,27,28). The molecule has 0 aliphatic heterocycles. The summed E-state index contributed by atoms with van der Waals surface area (Å²) in [6, 6.07) is 13.2. The molecule has 1 aliphatic carbocycles. The highest BCUT2D eigenvalue weighted by molar-refractivity contribution is 6.33. The molecule has 3 aromatic rings. The van der Waals surface area contributed by atoms with Gasteiger partial charge in [0.15, 0.2) is 0 Å². The van der Waals surface area contributed by atoms with Crippen LogP contribution < -0.4 is 4.74 Å². The summed E-state index contributed by atoms with van der Waals surface area (Å²) in [4.78, 5) is 11.6. The van der Waals surface area contributed by atoms with Crippen molar-refractivity contribution < 1.29 is 14.6 Å². The summed E-state index contributed by atoms with van der Waals surface area (Å²) in [6.07, 6.45) is 6.46. The molecule has 0 radical (unpaired) electrons. The van der Waals surface area contributed by atoms with Crippen LogP contribution in [0.2, 0.25) is 5.02 Å². The number of carboxylic acid groups (broad SMARTS) is 1. The molecule has 1 fully saturated rings. The number of rotatable bonds is 6. The second-order valence-electron chi connectivity index (χ2n) is 7.01. The van der Waals surface area contributed by atoms with Gasteiger partial charge in [-0.1, -0.05) is 41.9 Å². The molecule has 5 nitrogen and oxygen atoms in total. The van der Waals surface area contributed by atoms with E-state index in [0.717, 1.165) is 41.2 Å². The van der Waals surface area contributed by atoms with Gasteiger partial charge in [0.2, 0.25) is 0 Å². The van der Waals surface area contributed by atoms with E-state index in [1.165, 1.54) is 0 Å². The lowest BCUT2D eigenvalue weighted by Crippen LogP contribution is -2.05. The van der Waals surface area contributed by atoms with Gasteiger partial charge in [-0.15, -0.1) is 0 Å². The summed E-state index contributed by atoms with van der Waals surface area (Å²) < 4.78 is 6.28. The molecule has 1 saturated carbocycles. The summed E-state index contributed by atoms with van der Waals surface area (Å²) >= 11 is 6.53. The molecule has 0 amide bonds. The molecule has 2 aromatic carbocycles. The average molecular weight is 407 g/mol. The van der Waals surface area contributed by atoms with Crippen LogP contribution in [-0.4, -0.2) is 21.3 Å². The maximum absolute atomic E-state index is 11.6. The normalized spacial score (nSPS) is 13.9. The molecular weight excluding hydrogens is 388 g/mol. The van der Waals surface area contributed by atoms with E-state index in [1.807, 2.05) is 37.3 Å². The predicted molar refractivity (Wildman–Crippen MR) is 112 cm³/mol. The van der Waals surface area contributed by atoms with Crippen LogP contribution in [0.1, 0.15) is 35.4 Å². The van der Waals surface area contributed by atoms with Crippen molar-refractivity contribution in [3.63, 3.8) is 0 Å². The summed E-state index contributed by atoms with van der Waals surface area (Å²) in [7, 11) is 0. The number of carboxylic acids is 1. The molecule has 146 valence electrons. The second kappa shape index (κ2) is 8.05. The SMILES string of the molecule is Cc1cccc(C2CC2)c1OC(=CC(=O)O)c1c(Cl)cccc1-c1ccnnc1. The molecule has 0 spiro atoms. The molecule has 0 bridgehead atoms. The van der Waals surface area contributed by atoms with Crippen LogP contribution in [0.3, 0.4) is 0 Å². The van der Waals surface area contributed by atoms with E-state index in [9.17, 15) is 9.90 Å². The molecular formula is C23H19ClN2O3. The number of hydrogen-bond acceptors (Lipinski definition) is 4. The van der Waals surface area contributed by atoms with Crippen LogP contribution in [0.15, 0.2) is 60.9 Å². The van der Waals surface area contributed by atoms with Crippen molar-refractivity contribution in [2.45, 2.75) is 25.7 Å². The van der Waals surface area contributed by atoms with E-state index in [2.05, 4.69) is 10.2 Å². The third-order valence-electron chi connectivity index (χ3n) is 4.88. The molecule has 1 aliphatic rings. The summed E-state index contributed by atoms with van der Waals surface area (Å²) in [5.41, 5.74) is 4.05. The summed E-state index contributed by atoms with van der Waals surface area (Å²) in [6.45, 7) is 1.96. The van der Waals surface area contributed by atoms with Gasteiger partial charge in [0.25, 0.3) is 0 Å². The van der Waals surface area contributed by atoms with Crippen LogP contribution >= 0.6 is 11.6 Å². The first kappa shape index (κ1) is 19.2. The lowest BCUT2D eigenvalue weighted by molar-refractivity contribution is -0.131. The fourth-order valence-corrected chi connectivity index (χ4v) is 3.64. The van der Waals surface area contributed by atoms with Gasteiger partial charge < -0.3 is 9.84 Å². The van der Waals surface area contributed by atoms with Gasteiger partial charge in [-0.2, -0.15) is 10.2 Å². The summed E-state index contributed by atoms with van der Waals surface area (Å²) in [5.74, 6) is 0.221. The van der Waals surface area contributed by atoms with Crippen molar-refractivity contribution in [3.05, 3.63) is 82.6 Å². The number of aryl methyl sites for hydroxylation is 1. The minimum absolute atomic E-state index is 0.186. The van der Waals surface area contributed by atoms with Crippen LogP contribution in [-0.2, 0) is 4.79 Å². The number of carbonyl (C=O) groups is 1. The minimum Gasteiger partial charge on any atom is -0.478 e. The Labute approximate surface area is 173 Å². The number of hydrogen-bond donors (Lipinski definition) is 1. The van der Waals surface area contributed by atoms with Crippen LogP contribution in [0.5, 0.6) is 5.75 Å². The largest absolute Gasteiger partial charge is 0.478 e. The molecule has 4 rings (SSSR count). The Kier molecular flexibility index (Phi) is 5.32. The average Bonchev–Trinajstić information content (AvgIpc) is 3.54. The fourth-order valence-electron chi connectivity index (χ4n) is 3.37. The van der Waals surface area contributed by atoms with Gasteiger partial charge in [0.1, 0.15) is 11.5 Å². The maximum atomic E-state index is 11.6. The Morgan fingerprint density at radius 1 is 1.17 bits per heavy atom. The van der Waals surface area contributed by atoms with Crippen molar-refractivity contribution >= 4 is 23.3 Å². The van der Waals surface area contributed by atoms with Crippen molar-refractivity contribution in [2.75, 3.05) is 0 Å². The number of halogens is 1. The fraction of sp³-hybridized carbons (Fsp3) is 0.174. The molecule has 6 heteroatoms. The highest BCUT2D eigenvalue weighted by Crippen LogP contribution is 2.46. The first-order chi connectivity index (χ1) is 14.0. The zero-order chi connectivity index (χ0) is 20.4. The number of aromatic nitrogens is 2. The molecule has 0 unspecified atom stereocenters. The van der Waals surface area contributed by atoms with Gasteiger partial charge >= 0.3 is 5.97 Å². The Hall–Kier alpha value is -3.18. The van der Waals surface area contributed by atoms with E-state index in [-0.39, 0.29) is 5.76 Å². The van der Waals surface area contributed by atoms with E-state index in [0.29, 0.717) is 22.3 Å². The molecule has 0 saturated heterocycles. The monoisotopic (exact) mass is 406 g/mol. The van der Waals surface area contributed by atoms with Gasteiger partial charge in [-0.3, -0.25) is 0 Å². The zero-order valence-corrected chi connectivity index (χ0v) is 16.6. The lowest BCUT2D eigenvalue weighted by Gasteiger charge is -2.19. The van der Waals surface area contributed by atoms with E-state index >= 15 is 0 Å². The molecule has 1 N–H and O–H groups in total. The number of ether oxygens (including phenoxy) is 1. The number of para-hydroxylation sites is 1. The third-order valence-corrected chi connectivity index (χ3v) is 5.20. The Bertz CT molecular complexity index is 1090. The molecule has 0 atom stereocenters. The van der Waals surface area contributed by atoms with Crippen LogP contribution in [0.4, 0.5) is 0 Å². The van der Waals surface area contributed by atoms with Gasteiger partial charge in [-0.05, 0) is 54.5 Å². The molecule has 1 heterocycles. The third kappa shape index (κ3) is 4.15. The smallest absolute Gasteiger partial charge is 0.332 e. The van der Waals surface area contributed by atoms with Crippen LogP contribution in [0.25, 0.3) is 16.9 Å². The number of benzene rings is 2. The summed E-state index contributed by atoms with van der Waals surface area (Å²) in [5, 5.41) is 17.6. The highest BCUT2D eigenvalue weighted by Gasteiger charge is 2.28. The Morgan fingerprint density at radius 2 is 1.97 bits per heavy atom. The first-order valence-corrected chi connectivity index (χ1v) is 9.70. The molecule has 1 aromatic heterocycles. The second-order valence-corrected chi connectivity index (χ2v) is 7.42. The minimum atomic E-state index is -1.11. The highest BCUT2D eigenvalue weighted by atomic mass is 35.5. The quantitative estimate of drug-likeness (QED) is 0.433. The Balaban J connectivity index is 1.86. The van der Waals surface area contributed by atoms with E-state index in [4.69, 9.17) is 16.3 Å².